The first-order chi connectivity index (χ1) is 20.4. The second kappa shape index (κ2) is 12.2. The third-order valence-electron chi connectivity index (χ3n) is 8.37. The van der Waals surface area contributed by atoms with Gasteiger partial charge in [-0.2, -0.15) is 0 Å². The number of pyridine rings is 3. The summed E-state index contributed by atoms with van der Waals surface area (Å²) >= 11 is 0. The van der Waals surface area contributed by atoms with Crippen LogP contribution < -0.4 is 20.8 Å². The second-order valence-electron chi connectivity index (χ2n) is 11.7. The molecule has 0 spiro atoms. The minimum absolute atomic E-state index is 0.127. The van der Waals surface area contributed by atoms with E-state index in [0.29, 0.717) is 35.6 Å². The molecule has 2 fully saturated rings. The number of hydrogen-bond acceptors (Lipinski definition) is 7. The molecule has 3 aromatic heterocycles. The molecule has 9 heteroatoms. The lowest BCUT2D eigenvalue weighted by molar-refractivity contribution is 0.158. The van der Waals surface area contributed by atoms with E-state index in [1.807, 2.05) is 38.5 Å². The van der Waals surface area contributed by atoms with Crippen molar-refractivity contribution < 1.29 is 9.13 Å². The molecule has 6 rings (SSSR count). The summed E-state index contributed by atoms with van der Waals surface area (Å²) < 4.78 is 22.8. The Bertz CT molecular complexity index is 1620. The minimum atomic E-state index is -0.536. The Morgan fingerprint density at radius 1 is 1.07 bits per heavy atom. The van der Waals surface area contributed by atoms with Crippen LogP contribution in [-0.4, -0.2) is 51.7 Å². The fraction of sp³-hybridized carbons (Fsp3) is 0.424. The number of nitrogens with zero attached hydrogens (tertiary/aromatic N) is 5. The molecular formula is C33H39FN6O2. The van der Waals surface area contributed by atoms with Crippen LogP contribution in [0.1, 0.15) is 54.2 Å². The first-order valence-electron chi connectivity index (χ1n) is 14.9. The molecule has 1 saturated heterocycles. The van der Waals surface area contributed by atoms with Gasteiger partial charge in [-0.1, -0.05) is 0 Å². The fourth-order valence-electron chi connectivity index (χ4n) is 6.06. The summed E-state index contributed by atoms with van der Waals surface area (Å²) in [6.45, 7) is 7.48. The fourth-order valence-corrected chi connectivity index (χ4v) is 6.06. The molecular weight excluding hydrogens is 531 g/mol. The largest absolute Gasteiger partial charge is 0.489 e. The Labute approximate surface area is 245 Å². The van der Waals surface area contributed by atoms with Crippen LogP contribution in [0.4, 0.5) is 10.1 Å². The maximum absolute atomic E-state index is 15.1. The van der Waals surface area contributed by atoms with E-state index < -0.39 is 5.82 Å². The maximum Gasteiger partial charge on any atom is 0.193 e. The summed E-state index contributed by atoms with van der Waals surface area (Å²) in [6, 6.07) is 11.9. The van der Waals surface area contributed by atoms with E-state index in [2.05, 4.69) is 42.5 Å². The van der Waals surface area contributed by atoms with Gasteiger partial charge in [0.15, 0.2) is 17.0 Å². The Balaban J connectivity index is 1.36. The molecule has 1 aromatic carbocycles. The highest BCUT2D eigenvalue weighted by atomic mass is 19.1. The monoisotopic (exact) mass is 570 g/mol. The summed E-state index contributed by atoms with van der Waals surface area (Å²) in [5.41, 5.74) is 11.1. The van der Waals surface area contributed by atoms with Gasteiger partial charge in [0.2, 0.25) is 0 Å². The zero-order chi connectivity index (χ0) is 29.2. The van der Waals surface area contributed by atoms with Crippen molar-refractivity contribution in [2.75, 3.05) is 31.1 Å². The van der Waals surface area contributed by atoms with Gasteiger partial charge in [0.05, 0.1) is 17.4 Å². The first-order valence-corrected chi connectivity index (χ1v) is 14.9. The number of ether oxygens (including phenoxy) is 1. The molecule has 0 radical (unpaired) electrons. The highest BCUT2D eigenvalue weighted by Gasteiger charge is 2.30. The average Bonchev–Trinajstić information content (AvgIpc) is 3.83. The normalized spacial score (nSPS) is 17.3. The number of fused-ring (bicyclic) bond motifs is 1. The van der Waals surface area contributed by atoms with Crippen molar-refractivity contribution in [3.8, 4) is 5.75 Å². The topological polar surface area (TPSA) is 89.5 Å². The van der Waals surface area contributed by atoms with E-state index in [0.717, 1.165) is 61.4 Å². The van der Waals surface area contributed by atoms with Gasteiger partial charge in [-0.05, 0) is 75.4 Å². The van der Waals surface area contributed by atoms with Crippen molar-refractivity contribution in [3.05, 3.63) is 93.5 Å². The number of halogens is 1. The van der Waals surface area contributed by atoms with Crippen LogP contribution >= 0.6 is 0 Å². The van der Waals surface area contributed by atoms with E-state index in [-0.39, 0.29) is 30.4 Å². The van der Waals surface area contributed by atoms with Gasteiger partial charge in [0.1, 0.15) is 6.61 Å². The van der Waals surface area contributed by atoms with Crippen molar-refractivity contribution in [1.29, 1.82) is 0 Å². The van der Waals surface area contributed by atoms with Crippen molar-refractivity contribution >= 4 is 16.6 Å². The van der Waals surface area contributed by atoms with Crippen LogP contribution in [0.3, 0.4) is 0 Å². The molecule has 42 heavy (non-hydrogen) atoms. The molecule has 8 nitrogen and oxygen atoms in total. The zero-order valence-electron chi connectivity index (χ0n) is 24.4. The van der Waals surface area contributed by atoms with Gasteiger partial charge < -0.3 is 19.9 Å². The molecule has 4 heterocycles. The predicted octanol–water partition coefficient (Wildman–Crippen LogP) is 4.89. The van der Waals surface area contributed by atoms with Crippen LogP contribution in [0.25, 0.3) is 10.9 Å². The maximum atomic E-state index is 15.1. The Hall–Kier alpha value is -3.82. The number of hydrogen-bond donors (Lipinski definition) is 1. The highest BCUT2D eigenvalue weighted by molar-refractivity contribution is 5.81. The third kappa shape index (κ3) is 6.17. The van der Waals surface area contributed by atoms with Crippen LogP contribution in [0.2, 0.25) is 0 Å². The number of aryl methyl sites for hydroxylation is 2. The molecule has 4 aromatic rings. The summed E-state index contributed by atoms with van der Waals surface area (Å²) in [5.74, 6) is -0.400. The Kier molecular flexibility index (Phi) is 8.22. The average molecular weight is 571 g/mol. The molecule has 220 valence electrons. The van der Waals surface area contributed by atoms with Gasteiger partial charge in [0.25, 0.3) is 0 Å². The van der Waals surface area contributed by atoms with E-state index >= 15 is 4.39 Å². The molecule has 2 aliphatic rings. The molecule has 1 aliphatic heterocycles. The summed E-state index contributed by atoms with van der Waals surface area (Å²) in [6.07, 6.45) is 9.95. The van der Waals surface area contributed by atoms with Gasteiger partial charge in [-0.3, -0.25) is 19.7 Å². The zero-order valence-corrected chi connectivity index (χ0v) is 24.4. The number of piperidine rings is 1. The van der Waals surface area contributed by atoms with Crippen LogP contribution in [0.15, 0.2) is 59.8 Å². The number of aromatic nitrogens is 3. The van der Waals surface area contributed by atoms with E-state index in [4.69, 9.17) is 10.5 Å². The molecule has 2 N–H and O–H groups in total. The number of nitrogens with two attached hydrogens (primary N) is 1. The smallest absolute Gasteiger partial charge is 0.193 e. The third-order valence-corrected chi connectivity index (χ3v) is 8.37. The van der Waals surface area contributed by atoms with Crippen LogP contribution in [-0.2, 0) is 13.1 Å². The summed E-state index contributed by atoms with van der Waals surface area (Å²) in [5, 5.41) is 0.396. The molecule has 0 unspecified atom stereocenters. The van der Waals surface area contributed by atoms with Crippen molar-refractivity contribution in [2.45, 2.75) is 64.7 Å². The quantitative estimate of drug-likeness (QED) is 0.290. The van der Waals surface area contributed by atoms with Gasteiger partial charge in [-0.25, -0.2) is 4.39 Å². The number of rotatable bonds is 10. The van der Waals surface area contributed by atoms with E-state index in [1.54, 1.807) is 6.07 Å². The molecule has 1 atom stereocenters. The first kappa shape index (κ1) is 28.3. The van der Waals surface area contributed by atoms with Gasteiger partial charge >= 0.3 is 0 Å². The molecule has 1 aliphatic carbocycles. The lowest BCUT2D eigenvalue weighted by Gasteiger charge is -2.40. The van der Waals surface area contributed by atoms with Crippen molar-refractivity contribution in [3.63, 3.8) is 0 Å². The van der Waals surface area contributed by atoms with E-state index in [1.165, 1.54) is 6.07 Å². The Morgan fingerprint density at radius 3 is 2.67 bits per heavy atom. The van der Waals surface area contributed by atoms with Crippen molar-refractivity contribution in [2.24, 2.45) is 5.73 Å². The molecule has 1 saturated carbocycles. The summed E-state index contributed by atoms with van der Waals surface area (Å²) in [7, 11) is 0. The summed E-state index contributed by atoms with van der Waals surface area (Å²) in [4.78, 5) is 27.7. The SMILES string of the molecule is Cc1ccc(N2CCC[C@H](N(Cc3ccnc(C)c3)Cc3cn(C4CC4)c4cc(OCCN)c(F)cc4c3=O)C2)cn1. The number of anilines is 1. The molecule has 0 amide bonds. The second-order valence-corrected chi connectivity index (χ2v) is 11.7. The van der Waals surface area contributed by atoms with Gasteiger partial charge in [-0.15, -0.1) is 0 Å². The van der Waals surface area contributed by atoms with Crippen LogP contribution in [0, 0.1) is 19.7 Å². The standard InChI is InChI=1S/C33H39FN6O2/c1-22-5-6-27(17-37-22)38-12-3-4-28(21-38)39(18-24-9-11-36-23(2)14-24)19-25-20-40(26-7-8-26)31-16-32(42-13-10-35)30(34)15-29(31)33(25)41/h5-6,9,11,14-17,20,26,28H,3-4,7-8,10,12-13,18-19,21,35H2,1-2H3/t28-/m0/s1. The minimum Gasteiger partial charge on any atom is -0.489 e. The van der Waals surface area contributed by atoms with Gasteiger partial charge in [0, 0.05) is 85.6 Å². The van der Waals surface area contributed by atoms with Crippen molar-refractivity contribution in [1.82, 2.24) is 19.4 Å². The lowest BCUT2D eigenvalue weighted by Crippen LogP contribution is -2.48. The molecule has 0 bridgehead atoms. The van der Waals surface area contributed by atoms with E-state index in [9.17, 15) is 4.79 Å². The Morgan fingerprint density at radius 2 is 1.93 bits per heavy atom. The predicted molar refractivity (Wildman–Crippen MR) is 163 cm³/mol. The number of benzene rings is 1. The van der Waals surface area contributed by atoms with Crippen LogP contribution in [0.5, 0.6) is 5.75 Å². The lowest BCUT2D eigenvalue weighted by atomic mass is 10.0. The highest BCUT2D eigenvalue weighted by Crippen LogP contribution is 2.38.